The van der Waals surface area contributed by atoms with Crippen LogP contribution in [0.1, 0.15) is 30.5 Å². The SMILES string of the molecule is CCc1nn2c(=O)cc(CN3CCC4(CCN(CCOC)C4=O)C3)nc2s1. The van der Waals surface area contributed by atoms with Gasteiger partial charge in [-0.15, -0.1) is 0 Å². The molecule has 0 saturated carbocycles. The van der Waals surface area contributed by atoms with Gasteiger partial charge in [0.1, 0.15) is 5.01 Å². The number of likely N-dealkylation sites (tertiary alicyclic amines) is 2. The summed E-state index contributed by atoms with van der Waals surface area (Å²) in [5, 5.41) is 5.20. The number of aryl methyl sites for hydroxylation is 1. The first-order valence-corrected chi connectivity index (χ1v) is 10.3. The monoisotopic (exact) mass is 391 g/mol. The van der Waals surface area contributed by atoms with E-state index in [1.165, 1.54) is 15.9 Å². The summed E-state index contributed by atoms with van der Waals surface area (Å²) < 4.78 is 6.49. The van der Waals surface area contributed by atoms with Crippen molar-refractivity contribution in [2.45, 2.75) is 32.7 Å². The van der Waals surface area contributed by atoms with Gasteiger partial charge in [0.2, 0.25) is 10.9 Å². The van der Waals surface area contributed by atoms with E-state index in [1.54, 1.807) is 13.2 Å². The van der Waals surface area contributed by atoms with Gasteiger partial charge >= 0.3 is 0 Å². The third kappa shape index (κ3) is 3.39. The predicted octanol–water partition coefficient (Wildman–Crippen LogP) is 0.784. The standard InChI is InChI=1S/C18H25N5O3S/c1-3-14-20-23-15(24)10-13(19-17(23)27-14)11-21-6-4-18(12-21)5-7-22(16(18)25)8-9-26-2/h10H,3-9,11-12H2,1-2H3. The molecule has 2 aliphatic rings. The normalized spacial score (nSPS) is 23.3. The molecule has 0 N–H and O–H groups in total. The molecule has 27 heavy (non-hydrogen) atoms. The highest BCUT2D eigenvalue weighted by molar-refractivity contribution is 7.16. The Morgan fingerprint density at radius 3 is 2.89 bits per heavy atom. The van der Waals surface area contributed by atoms with Crippen molar-refractivity contribution in [3.8, 4) is 0 Å². The maximum Gasteiger partial charge on any atom is 0.275 e. The lowest BCUT2D eigenvalue weighted by atomic mass is 9.85. The van der Waals surface area contributed by atoms with Crippen LogP contribution in [-0.4, -0.2) is 70.2 Å². The second kappa shape index (κ2) is 7.29. The van der Waals surface area contributed by atoms with E-state index >= 15 is 0 Å². The van der Waals surface area contributed by atoms with E-state index in [4.69, 9.17) is 4.74 Å². The molecule has 2 aromatic heterocycles. The number of carbonyl (C=O) groups is 1. The Morgan fingerprint density at radius 1 is 1.30 bits per heavy atom. The lowest BCUT2D eigenvalue weighted by molar-refractivity contribution is -0.136. The van der Waals surface area contributed by atoms with Gasteiger partial charge in [-0.1, -0.05) is 18.3 Å². The summed E-state index contributed by atoms with van der Waals surface area (Å²) in [6.45, 7) is 6.25. The van der Waals surface area contributed by atoms with Gasteiger partial charge in [0.15, 0.2) is 0 Å². The summed E-state index contributed by atoms with van der Waals surface area (Å²) in [6.07, 6.45) is 2.56. The number of fused-ring (bicyclic) bond motifs is 1. The highest BCUT2D eigenvalue weighted by Gasteiger charge is 2.50. The van der Waals surface area contributed by atoms with Crippen LogP contribution >= 0.6 is 11.3 Å². The average Bonchev–Trinajstić information content (AvgIpc) is 3.33. The highest BCUT2D eigenvalue weighted by atomic mass is 32.1. The van der Waals surface area contributed by atoms with Gasteiger partial charge in [-0.2, -0.15) is 9.61 Å². The molecule has 2 aromatic rings. The Kier molecular flexibility index (Phi) is 5.00. The van der Waals surface area contributed by atoms with Crippen LogP contribution < -0.4 is 5.56 Å². The predicted molar refractivity (Wildman–Crippen MR) is 102 cm³/mol. The second-order valence-electron chi connectivity index (χ2n) is 7.41. The molecule has 2 fully saturated rings. The summed E-state index contributed by atoms with van der Waals surface area (Å²) in [6, 6.07) is 1.57. The van der Waals surface area contributed by atoms with Crippen LogP contribution in [0.25, 0.3) is 4.96 Å². The Labute approximate surface area is 161 Å². The molecular weight excluding hydrogens is 366 g/mol. The van der Waals surface area contributed by atoms with Crippen molar-refractivity contribution in [2.75, 3.05) is 39.9 Å². The van der Waals surface area contributed by atoms with Crippen LogP contribution in [0.3, 0.4) is 0 Å². The number of hydrogen-bond donors (Lipinski definition) is 0. The minimum atomic E-state index is -0.271. The van der Waals surface area contributed by atoms with E-state index < -0.39 is 0 Å². The summed E-state index contributed by atoms with van der Waals surface area (Å²) in [5.41, 5.74) is 0.347. The Balaban J connectivity index is 1.47. The van der Waals surface area contributed by atoms with E-state index in [9.17, 15) is 9.59 Å². The van der Waals surface area contributed by atoms with Crippen molar-refractivity contribution in [3.05, 3.63) is 27.1 Å². The van der Waals surface area contributed by atoms with E-state index in [1.807, 2.05) is 11.8 Å². The summed E-state index contributed by atoms with van der Waals surface area (Å²) in [4.78, 5) is 34.6. The smallest absolute Gasteiger partial charge is 0.275 e. The Bertz CT molecular complexity index is 910. The molecule has 9 heteroatoms. The molecule has 8 nitrogen and oxygen atoms in total. The van der Waals surface area contributed by atoms with Gasteiger partial charge in [0, 0.05) is 39.4 Å². The molecule has 4 heterocycles. The van der Waals surface area contributed by atoms with Crippen molar-refractivity contribution in [2.24, 2.45) is 5.41 Å². The van der Waals surface area contributed by atoms with Gasteiger partial charge in [-0.25, -0.2) is 4.98 Å². The molecule has 4 rings (SSSR count). The molecule has 2 aliphatic heterocycles. The van der Waals surface area contributed by atoms with Crippen LogP contribution in [0.4, 0.5) is 0 Å². The third-order valence-corrected chi connectivity index (χ3v) is 6.68. The quantitative estimate of drug-likeness (QED) is 0.724. The summed E-state index contributed by atoms with van der Waals surface area (Å²) in [5.74, 6) is 0.251. The van der Waals surface area contributed by atoms with E-state index in [0.29, 0.717) is 24.7 Å². The van der Waals surface area contributed by atoms with Gasteiger partial charge in [-0.05, 0) is 25.8 Å². The molecule has 1 amide bonds. The third-order valence-electron chi connectivity index (χ3n) is 5.63. The Hall–Kier alpha value is -1.84. The number of rotatable bonds is 6. The zero-order chi connectivity index (χ0) is 19.0. The molecule has 1 atom stereocenters. The topological polar surface area (TPSA) is 80.0 Å². The first-order chi connectivity index (χ1) is 13.0. The van der Waals surface area contributed by atoms with E-state index in [2.05, 4.69) is 15.0 Å². The summed E-state index contributed by atoms with van der Waals surface area (Å²) >= 11 is 1.46. The molecule has 0 aliphatic carbocycles. The second-order valence-corrected chi connectivity index (χ2v) is 8.45. The fourth-order valence-corrected chi connectivity index (χ4v) is 4.99. The molecule has 146 valence electrons. The number of methoxy groups -OCH3 is 1. The van der Waals surface area contributed by atoms with Crippen LogP contribution in [0, 0.1) is 5.41 Å². The fourth-order valence-electron chi connectivity index (χ4n) is 4.13. The highest BCUT2D eigenvalue weighted by Crippen LogP contribution is 2.40. The van der Waals surface area contributed by atoms with E-state index in [-0.39, 0.29) is 16.9 Å². The van der Waals surface area contributed by atoms with Gasteiger partial charge in [0.25, 0.3) is 5.56 Å². The van der Waals surface area contributed by atoms with Crippen molar-refractivity contribution >= 4 is 22.2 Å². The molecule has 1 unspecified atom stereocenters. The zero-order valence-corrected chi connectivity index (χ0v) is 16.6. The van der Waals surface area contributed by atoms with Crippen molar-refractivity contribution in [1.29, 1.82) is 0 Å². The molecule has 0 radical (unpaired) electrons. The zero-order valence-electron chi connectivity index (χ0n) is 15.8. The molecule has 2 saturated heterocycles. The Morgan fingerprint density at radius 2 is 2.11 bits per heavy atom. The minimum Gasteiger partial charge on any atom is -0.383 e. The number of nitrogens with zero attached hydrogens (tertiary/aromatic N) is 5. The molecular formula is C18H25N5O3S. The van der Waals surface area contributed by atoms with Crippen LogP contribution in [0.5, 0.6) is 0 Å². The lowest BCUT2D eigenvalue weighted by Crippen LogP contribution is -2.38. The molecule has 0 aromatic carbocycles. The van der Waals surface area contributed by atoms with Crippen LogP contribution in [0.2, 0.25) is 0 Å². The van der Waals surface area contributed by atoms with Crippen LogP contribution in [0.15, 0.2) is 10.9 Å². The maximum absolute atomic E-state index is 12.9. The fraction of sp³-hybridized carbons (Fsp3) is 0.667. The molecule has 1 spiro atoms. The molecule has 0 bridgehead atoms. The number of ether oxygens (including phenoxy) is 1. The van der Waals surface area contributed by atoms with Crippen molar-refractivity contribution in [1.82, 2.24) is 24.4 Å². The minimum absolute atomic E-state index is 0.137. The first-order valence-electron chi connectivity index (χ1n) is 9.44. The number of carbonyl (C=O) groups excluding carboxylic acids is 1. The van der Waals surface area contributed by atoms with Crippen LogP contribution in [-0.2, 0) is 22.5 Å². The largest absolute Gasteiger partial charge is 0.383 e. The van der Waals surface area contributed by atoms with E-state index in [0.717, 1.165) is 49.6 Å². The summed E-state index contributed by atoms with van der Waals surface area (Å²) in [7, 11) is 1.66. The average molecular weight is 391 g/mol. The number of amides is 1. The van der Waals surface area contributed by atoms with Gasteiger partial charge < -0.3 is 9.64 Å². The van der Waals surface area contributed by atoms with Gasteiger partial charge in [-0.3, -0.25) is 14.5 Å². The first kappa shape index (κ1) is 18.5. The number of aromatic nitrogens is 3. The lowest BCUT2D eigenvalue weighted by Gasteiger charge is -2.23. The van der Waals surface area contributed by atoms with Crippen molar-refractivity contribution < 1.29 is 9.53 Å². The number of hydrogen-bond acceptors (Lipinski definition) is 7. The maximum atomic E-state index is 12.9. The van der Waals surface area contributed by atoms with Gasteiger partial charge in [0.05, 0.1) is 17.7 Å². The van der Waals surface area contributed by atoms with Crippen molar-refractivity contribution in [3.63, 3.8) is 0 Å².